The van der Waals surface area contributed by atoms with Crippen molar-refractivity contribution >= 4 is 28.9 Å². The predicted octanol–water partition coefficient (Wildman–Crippen LogP) is 3.62. The SMILES string of the molecule is Cc1cc(Nc2c(F)cccc2Cl)c(C(=O)O)cn1. The van der Waals surface area contributed by atoms with Gasteiger partial charge in [-0.2, -0.15) is 0 Å². The van der Waals surface area contributed by atoms with E-state index < -0.39 is 11.8 Å². The second-order valence-corrected chi connectivity index (χ2v) is 4.31. The largest absolute Gasteiger partial charge is 0.478 e. The van der Waals surface area contributed by atoms with Gasteiger partial charge in [0.05, 0.1) is 16.4 Å². The predicted molar refractivity (Wildman–Crippen MR) is 70.6 cm³/mol. The first-order valence-electron chi connectivity index (χ1n) is 5.40. The van der Waals surface area contributed by atoms with Gasteiger partial charge in [0.15, 0.2) is 0 Å². The number of aromatic carboxylic acids is 1. The van der Waals surface area contributed by atoms with E-state index in [4.69, 9.17) is 16.7 Å². The summed E-state index contributed by atoms with van der Waals surface area (Å²) in [5, 5.41) is 11.9. The molecule has 0 saturated heterocycles. The standard InChI is InChI=1S/C13H10ClFN2O2/c1-7-5-11(8(6-16-7)13(18)19)17-12-9(14)3-2-4-10(12)15/h2-6H,1H3,(H,16,17)(H,18,19). The molecule has 1 aromatic heterocycles. The van der Waals surface area contributed by atoms with E-state index in [-0.39, 0.29) is 22.0 Å². The Morgan fingerprint density at radius 2 is 2.21 bits per heavy atom. The number of para-hydroxylation sites is 1. The van der Waals surface area contributed by atoms with Crippen molar-refractivity contribution in [2.24, 2.45) is 0 Å². The Hall–Kier alpha value is -2.14. The highest BCUT2D eigenvalue weighted by molar-refractivity contribution is 6.33. The highest BCUT2D eigenvalue weighted by Crippen LogP contribution is 2.29. The fraction of sp³-hybridized carbons (Fsp3) is 0.0769. The van der Waals surface area contributed by atoms with Crippen molar-refractivity contribution in [3.8, 4) is 0 Å². The Balaban J connectivity index is 2.49. The van der Waals surface area contributed by atoms with Crippen molar-refractivity contribution in [2.75, 3.05) is 5.32 Å². The van der Waals surface area contributed by atoms with Crippen LogP contribution in [0.1, 0.15) is 16.1 Å². The van der Waals surface area contributed by atoms with Gasteiger partial charge in [-0.1, -0.05) is 17.7 Å². The molecule has 6 heteroatoms. The number of rotatable bonds is 3. The van der Waals surface area contributed by atoms with Crippen LogP contribution < -0.4 is 5.32 Å². The van der Waals surface area contributed by atoms with Gasteiger partial charge in [-0.25, -0.2) is 9.18 Å². The van der Waals surface area contributed by atoms with Gasteiger partial charge in [-0.3, -0.25) is 4.98 Å². The quantitative estimate of drug-likeness (QED) is 0.901. The number of carboxylic acid groups (broad SMARTS) is 1. The minimum atomic E-state index is -1.15. The molecule has 0 fully saturated rings. The maximum absolute atomic E-state index is 13.7. The molecule has 0 aliphatic heterocycles. The first-order valence-corrected chi connectivity index (χ1v) is 5.78. The van der Waals surface area contributed by atoms with Crippen LogP contribution in [0.5, 0.6) is 0 Å². The van der Waals surface area contributed by atoms with Crippen molar-refractivity contribution in [1.82, 2.24) is 4.98 Å². The second-order valence-electron chi connectivity index (χ2n) is 3.90. The molecular weight excluding hydrogens is 271 g/mol. The smallest absolute Gasteiger partial charge is 0.339 e. The van der Waals surface area contributed by atoms with Crippen LogP contribution in [0.15, 0.2) is 30.5 Å². The highest BCUT2D eigenvalue weighted by Gasteiger charge is 2.14. The molecule has 2 aromatic rings. The van der Waals surface area contributed by atoms with E-state index in [1.54, 1.807) is 6.92 Å². The third kappa shape index (κ3) is 2.82. The number of hydrogen-bond acceptors (Lipinski definition) is 3. The van der Waals surface area contributed by atoms with E-state index in [1.165, 1.54) is 30.5 Å². The molecule has 0 unspecified atom stereocenters. The molecule has 19 heavy (non-hydrogen) atoms. The van der Waals surface area contributed by atoms with Crippen LogP contribution >= 0.6 is 11.6 Å². The van der Waals surface area contributed by atoms with Gasteiger partial charge >= 0.3 is 5.97 Å². The van der Waals surface area contributed by atoms with Crippen LogP contribution in [0, 0.1) is 12.7 Å². The highest BCUT2D eigenvalue weighted by atomic mass is 35.5. The van der Waals surface area contributed by atoms with E-state index >= 15 is 0 Å². The van der Waals surface area contributed by atoms with Gasteiger partial charge in [0.25, 0.3) is 0 Å². The van der Waals surface area contributed by atoms with Gasteiger partial charge in [0.1, 0.15) is 11.4 Å². The number of hydrogen-bond donors (Lipinski definition) is 2. The third-order valence-corrected chi connectivity index (χ3v) is 2.81. The van der Waals surface area contributed by atoms with Crippen LogP contribution in [0.2, 0.25) is 5.02 Å². The molecule has 0 radical (unpaired) electrons. The lowest BCUT2D eigenvalue weighted by atomic mass is 10.2. The first kappa shape index (κ1) is 13.3. The number of nitrogens with one attached hydrogen (secondary N) is 1. The number of halogens is 2. The second kappa shape index (κ2) is 5.24. The number of aromatic nitrogens is 1. The number of carboxylic acids is 1. The van der Waals surface area contributed by atoms with Crippen LogP contribution in [0.4, 0.5) is 15.8 Å². The molecule has 0 bridgehead atoms. The maximum Gasteiger partial charge on any atom is 0.339 e. The molecular formula is C13H10ClFN2O2. The lowest BCUT2D eigenvalue weighted by Gasteiger charge is -2.12. The van der Waals surface area contributed by atoms with Crippen molar-refractivity contribution < 1.29 is 14.3 Å². The van der Waals surface area contributed by atoms with Crippen molar-refractivity contribution in [3.63, 3.8) is 0 Å². The van der Waals surface area contributed by atoms with E-state index in [0.717, 1.165) is 0 Å². The number of anilines is 2. The molecule has 0 amide bonds. The van der Waals surface area contributed by atoms with Crippen LogP contribution in [-0.4, -0.2) is 16.1 Å². The Morgan fingerprint density at radius 3 is 2.84 bits per heavy atom. The zero-order valence-electron chi connectivity index (χ0n) is 9.95. The lowest BCUT2D eigenvalue weighted by Crippen LogP contribution is -2.05. The van der Waals surface area contributed by atoms with Gasteiger partial charge in [-0.05, 0) is 25.1 Å². The molecule has 4 nitrogen and oxygen atoms in total. The Labute approximate surface area is 113 Å². The summed E-state index contributed by atoms with van der Waals surface area (Å²) in [5.74, 6) is -1.71. The molecule has 2 rings (SSSR count). The summed E-state index contributed by atoms with van der Waals surface area (Å²) in [4.78, 5) is 15.0. The van der Waals surface area contributed by atoms with Crippen LogP contribution in [0.3, 0.4) is 0 Å². The molecule has 2 N–H and O–H groups in total. The molecule has 0 aliphatic carbocycles. The topological polar surface area (TPSA) is 62.2 Å². The average molecular weight is 281 g/mol. The summed E-state index contributed by atoms with van der Waals surface area (Å²) in [5.41, 5.74) is 0.842. The zero-order chi connectivity index (χ0) is 14.0. The van der Waals surface area contributed by atoms with Crippen molar-refractivity contribution in [2.45, 2.75) is 6.92 Å². The summed E-state index contributed by atoms with van der Waals surface area (Å²) in [6.07, 6.45) is 1.22. The molecule has 0 saturated carbocycles. The number of benzene rings is 1. The maximum atomic E-state index is 13.7. The van der Waals surface area contributed by atoms with E-state index in [9.17, 15) is 9.18 Å². The lowest BCUT2D eigenvalue weighted by molar-refractivity contribution is 0.0697. The minimum Gasteiger partial charge on any atom is -0.478 e. The number of aryl methyl sites for hydroxylation is 1. The molecule has 0 aliphatic rings. The monoisotopic (exact) mass is 280 g/mol. The zero-order valence-corrected chi connectivity index (χ0v) is 10.7. The number of nitrogens with zero attached hydrogens (tertiary/aromatic N) is 1. The molecule has 98 valence electrons. The van der Waals surface area contributed by atoms with E-state index in [0.29, 0.717) is 5.69 Å². The Kier molecular flexibility index (Phi) is 3.66. The third-order valence-electron chi connectivity index (χ3n) is 2.49. The normalized spacial score (nSPS) is 10.3. The van der Waals surface area contributed by atoms with E-state index in [2.05, 4.69) is 10.3 Å². The summed E-state index contributed by atoms with van der Waals surface area (Å²) < 4.78 is 13.7. The first-order chi connectivity index (χ1) is 8.99. The fourth-order valence-corrected chi connectivity index (χ4v) is 1.80. The summed E-state index contributed by atoms with van der Waals surface area (Å²) >= 11 is 5.89. The van der Waals surface area contributed by atoms with Crippen LogP contribution in [-0.2, 0) is 0 Å². The summed E-state index contributed by atoms with van der Waals surface area (Å²) in [6, 6.07) is 5.75. The summed E-state index contributed by atoms with van der Waals surface area (Å²) in [7, 11) is 0. The molecule has 0 atom stereocenters. The van der Waals surface area contributed by atoms with Gasteiger partial charge in [0.2, 0.25) is 0 Å². The average Bonchev–Trinajstić information content (AvgIpc) is 2.33. The summed E-state index contributed by atoms with van der Waals surface area (Å²) in [6.45, 7) is 1.71. The van der Waals surface area contributed by atoms with Gasteiger partial charge in [0, 0.05) is 11.9 Å². The fourth-order valence-electron chi connectivity index (χ4n) is 1.59. The van der Waals surface area contributed by atoms with Crippen molar-refractivity contribution in [3.05, 3.63) is 52.6 Å². The van der Waals surface area contributed by atoms with Gasteiger partial charge in [-0.15, -0.1) is 0 Å². The molecule has 1 heterocycles. The number of carbonyl (C=O) groups is 1. The van der Waals surface area contributed by atoms with Gasteiger partial charge < -0.3 is 10.4 Å². The minimum absolute atomic E-state index is 0.0391. The van der Waals surface area contributed by atoms with E-state index in [1.807, 2.05) is 0 Å². The Morgan fingerprint density at radius 1 is 1.47 bits per heavy atom. The molecule has 0 spiro atoms. The van der Waals surface area contributed by atoms with Crippen molar-refractivity contribution in [1.29, 1.82) is 0 Å². The number of pyridine rings is 1. The molecule has 1 aromatic carbocycles. The van der Waals surface area contributed by atoms with Crippen LogP contribution in [0.25, 0.3) is 0 Å². The Bertz CT molecular complexity index is 626.